The van der Waals surface area contributed by atoms with E-state index in [4.69, 9.17) is 4.74 Å². The summed E-state index contributed by atoms with van der Waals surface area (Å²) in [5, 5.41) is 2.93. The molecule has 0 saturated heterocycles. The van der Waals surface area contributed by atoms with E-state index in [0.29, 0.717) is 25.0 Å². The van der Waals surface area contributed by atoms with Crippen molar-refractivity contribution < 1.29 is 9.53 Å². The van der Waals surface area contributed by atoms with E-state index in [9.17, 15) is 4.79 Å². The Balaban J connectivity index is 1.75. The van der Waals surface area contributed by atoms with Crippen molar-refractivity contribution in [1.29, 1.82) is 0 Å². The first-order valence-electron chi connectivity index (χ1n) is 7.09. The molecule has 1 amide bonds. The van der Waals surface area contributed by atoms with Gasteiger partial charge in [0.15, 0.2) is 0 Å². The Bertz CT molecular complexity index is 442. The molecule has 0 unspecified atom stereocenters. The van der Waals surface area contributed by atoms with Gasteiger partial charge >= 0.3 is 0 Å². The fourth-order valence-corrected chi connectivity index (χ4v) is 2.24. The molecule has 1 aliphatic carbocycles. The van der Waals surface area contributed by atoms with Crippen molar-refractivity contribution in [3.8, 4) is 5.75 Å². The predicted octanol–water partition coefficient (Wildman–Crippen LogP) is 2.96. The van der Waals surface area contributed by atoms with Gasteiger partial charge in [-0.1, -0.05) is 39.0 Å². The Morgan fingerprint density at radius 2 is 2.11 bits per heavy atom. The second-order valence-corrected chi connectivity index (χ2v) is 5.65. The Hall–Kier alpha value is -1.51. The molecule has 2 atom stereocenters. The van der Waals surface area contributed by atoms with Gasteiger partial charge in [-0.25, -0.2) is 0 Å². The number of benzene rings is 1. The first-order chi connectivity index (χ1) is 9.09. The van der Waals surface area contributed by atoms with Crippen LogP contribution in [0.15, 0.2) is 24.3 Å². The van der Waals surface area contributed by atoms with E-state index in [2.05, 4.69) is 32.2 Å². The number of hydrogen-bond acceptors (Lipinski definition) is 2. The third-order valence-electron chi connectivity index (χ3n) is 3.65. The van der Waals surface area contributed by atoms with Crippen LogP contribution < -0.4 is 10.1 Å². The number of para-hydroxylation sites is 1. The number of amides is 1. The molecule has 0 aliphatic heterocycles. The molecule has 0 heterocycles. The lowest BCUT2D eigenvalue weighted by atomic mass is 10.0. The molecular weight excluding hydrogens is 238 g/mol. The molecule has 2 rings (SSSR count). The highest BCUT2D eigenvalue weighted by molar-refractivity contribution is 5.81. The van der Waals surface area contributed by atoms with Crippen molar-refractivity contribution in [1.82, 2.24) is 5.32 Å². The van der Waals surface area contributed by atoms with Crippen LogP contribution in [0, 0.1) is 11.8 Å². The summed E-state index contributed by atoms with van der Waals surface area (Å²) in [6.07, 6.45) is 1.03. The topological polar surface area (TPSA) is 38.3 Å². The second-order valence-electron chi connectivity index (χ2n) is 5.65. The van der Waals surface area contributed by atoms with Crippen LogP contribution in [0.2, 0.25) is 0 Å². The first kappa shape index (κ1) is 13.9. The first-order valence-corrected chi connectivity index (χ1v) is 7.09. The number of hydrogen-bond donors (Lipinski definition) is 1. The van der Waals surface area contributed by atoms with Crippen LogP contribution in [0.1, 0.15) is 38.7 Å². The molecule has 1 N–H and O–H groups in total. The highest BCUT2D eigenvalue weighted by Gasteiger charge is 2.38. The minimum Gasteiger partial charge on any atom is -0.491 e. The highest BCUT2D eigenvalue weighted by atomic mass is 16.5. The molecular formula is C16H23NO2. The maximum absolute atomic E-state index is 11.6. The summed E-state index contributed by atoms with van der Waals surface area (Å²) >= 11 is 0. The van der Waals surface area contributed by atoms with E-state index < -0.39 is 0 Å². The summed E-state index contributed by atoms with van der Waals surface area (Å²) in [6, 6.07) is 8.08. The summed E-state index contributed by atoms with van der Waals surface area (Å²) in [7, 11) is 0. The molecule has 1 saturated carbocycles. The van der Waals surface area contributed by atoms with E-state index in [0.717, 1.165) is 12.2 Å². The number of nitrogens with one attached hydrogen (secondary N) is 1. The monoisotopic (exact) mass is 261 g/mol. The van der Waals surface area contributed by atoms with Gasteiger partial charge in [-0.05, 0) is 29.9 Å². The number of carbonyl (C=O) groups excluding carboxylic acids is 1. The van der Waals surface area contributed by atoms with Crippen LogP contribution >= 0.6 is 0 Å². The van der Waals surface area contributed by atoms with Gasteiger partial charge in [0.25, 0.3) is 0 Å². The highest BCUT2D eigenvalue weighted by Crippen LogP contribution is 2.37. The number of ether oxygens (including phenoxy) is 1. The minimum absolute atomic E-state index is 0.174. The molecule has 0 spiro atoms. The van der Waals surface area contributed by atoms with Gasteiger partial charge in [-0.3, -0.25) is 4.79 Å². The summed E-state index contributed by atoms with van der Waals surface area (Å²) in [4.78, 5) is 11.6. The molecule has 1 aliphatic rings. The fourth-order valence-electron chi connectivity index (χ4n) is 2.24. The quantitative estimate of drug-likeness (QED) is 0.800. The van der Waals surface area contributed by atoms with E-state index in [1.165, 1.54) is 5.56 Å². The number of carbonyl (C=O) groups is 1. The number of rotatable bonds is 6. The molecule has 3 nitrogen and oxygen atoms in total. The summed E-state index contributed by atoms with van der Waals surface area (Å²) in [5.41, 5.74) is 1.21. The van der Waals surface area contributed by atoms with Gasteiger partial charge in [-0.2, -0.15) is 0 Å². The van der Waals surface area contributed by atoms with Crippen molar-refractivity contribution in [3.05, 3.63) is 29.8 Å². The smallest absolute Gasteiger partial charge is 0.223 e. The minimum atomic E-state index is 0.174. The van der Waals surface area contributed by atoms with Crippen LogP contribution in [-0.2, 0) is 4.79 Å². The van der Waals surface area contributed by atoms with Crippen LogP contribution in [0.3, 0.4) is 0 Å². The molecule has 3 heteroatoms. The standard InChI is InChI=1S/C16H23NO2/c1-11(2)13-6-4-5-7-15(13)19-9-8-17-16(18)14-10-12(14)3/h4-7,11-12,14H,8-10H2,1-3H3,(H,17,18)/t12-,14-/m0/s1. The molecule has 0 aromatic heterocycles. The van der Waals surface area contributed by atoms with Crippen LogP contribution in [0.25, 0.3) is 0 Å². The summed E-state index contributed by atoms with van der Waals surface area (Å²) in [5.74, 6) is 2.34. The normalized spacial score (nSPS) is 21.3. The second kappa shape index (κ2) is 6.09. The van der Waals surface area contributed by atoms with Crippen molar-refractivity contribution in [2.24, 2.45) is 11.8 Å². The van der Waals surface area contributed by atoms with E-state index in [1.54, 1.807) is 0 Å². The zero-order valence-corrected chi connectivity index (χ0v) is 12.0. The molecule has 1 aromatic carbocycles. The van der Waals surface area contributed by atoms with Crippen molar-refractivity contribution in [2.45, 2.75) is 33.1 Å². The van der Waals surface area contributed by atoms with Crippen molar-refractivity contribution in [2.75, 3.05) is 13.2 Å². The van der Waals surface area contributed by atoms with Gasteiger partial charge in [-0.15, -0.1) is 0 Å². The third-order valence-corrected chi connectivity index (χ3v) is 3.65. The van der Waals surface area contributed by atoms with Gasteiger partial charge < -0.3 is 10.1 Å². The largest absolute Gasteiger partial charge is 0.491 e. The van der Waals surface area contributed by atoms with Gasteiger partial charge in [0, 0.05) is 5.92 Å². The Morgan fingerprint density at radius 1 is 1.42 bits per heavy atom. The van der Waals surface area contributed by atoms with E-state index in [1.807, 2.05) is 18.2 Å². The van der Waals surface area contributed by atoms with Gasteiger partial charge in [0.2, 0.25) is 5.91 Å². The van der Waals surface area contributed by atoms with E-state index in [-0.39, 0.29) is 11.8 Å². The lowest BCUT2D eigenvalue weighted by Crippen LogP contribution is -2.29. The summed E-state index contributed by atoms with van der Waals surface area (Å²) in [6.45, 7) is 7.52. The molecule has 19 heavy (non-hydrogen) atoms. The molecule has 104 valence electrons. The Labute approximate surface area is 115 Å². The maximum Gasteiger partial charge on any atom is 0.223 e. The lowest BCUT2D eigenvalue weighted by Gasteiger charge is -2.14. The Kier molecular flexibility index (Phi) is 4.46. The lowest BCUT2D eigenvalue weighted by molar-refractivity contribution is -0.122. The van der Waals surface area contributed by atoms with E-state index >= 15 is 0 Å². The Morgan fingerprint density at radius 3 is 2.74 bits per heavy atom. The third kappa shape index (κ3) is 3.72. The zero-order chi connectivity index (χ0) is 13.8. The van der Waals surface area contributed by atoms with Crippen molar-refractivity contribution in [3.63, 3.8) is 0 Å². The van der Waals surface area contributed by atoms with Crippen LogP contribution in [-0.4, -0.2) is 19.1 Å². The average molecular weight is 261 g/mol. The zero-order valence-electron chi connectivity index (χ0n) is 12.0. The molecule has 0 radical (unpaired) electrons. The molecule has 1 aromatic rings. The fraction of sp³-hybridized carbons (Fsp3) is 0.562. The predicted molar refractivity (Wildman–Crippen MR) is 76.3 cm³/mol. The summed E-state index contributed by atoms with van der Waals surface area (Å²) < 4.78 is 5.76. The van der Waals surface area contributed by atoms with Crippen molar-refractivity contribution >= 4 is 5.91 Å². The van der Waals surface area contributed by atoms with Gasteiger partial charge in [0.1, 0.15) is 12.4 Å². The SMILES string of the molecule is CC(C)c1ccccc1OCCNC(=O)[C@H]1C[C@@H]1C. The van der Waals surface area contributed by atoms with Crippen LogP contribution in [0.5, 0.6) is 5.75 Å². The average Bonchev–Trinajstić information content (AvgIpc) is 3.12. The molecule has 0 bridgehead atoms. The molecule has 1 fully saturated rings. The maximum atomic E-state index is 11.6. The van der Waals surface area contributed by atoms with Gasteiger partial charge in [0.05, 0.1) is 6.54 Å². The van der Waals surface area contributed by atoms with Crippen LogP contribution in [0.4, 0.5) is 0 Å².